The second kappa shape index (κ2) is 9.64. The molecule has 0 fully saturated rings. The monoisotopic (exact) mass is 350 g/mol. The minimum Gasteiger partial charge on any atom is -0.491 e. The van der Waals surface area contributed by atoms with Crippen molar-refractivity contribution in [1.82, 2.24) is 5.32 Å². The summed E-state index contributed by atoms with van der Waals surface area (Å²) in [7, 11) is 0. The van der Waals surface area contributed by atoms with E-state index in [-0.39, 0.29) is 0 Å². The normalized spacial score (nSPS) is 10.5. The van der Waals surface area contributed by atoms with Gasteiger partial charge in [0.2, 0.25) is 0 Å². The fourth-order valence-electron chi connectivity index (χ4n) is 1.22. The Labute approximate surface area is 116 Å². The van der Waals surface area contributed by atoms with Crippen LogP contribution in [0.1, 0.15) is 0 Å². The van der Waals surface area contributed by atoms with Gasteiger partial charge in [-0.3, -0.25) is 0 Å². The Morgan fingerprint density at radius 2 is 1.82 bits per heavy atom. The Hall–Kier alpha value is -0.370. The van der Waals surface area contributed by atoms with Crippen LogP contribution in [0.25, 0.3) is 0 Å². The molecule has 1 rings (SSSR count). The Morgan fingerprint density at radius 3 is 2.53 bits per heavy atom. The molecule has 0 aliphatic heterocycles. The zero-order valence-corrected chi connectivity index (χ0v) is 12.0. The van der Waals surface area contributed by atoms with Crippen LogP contribution >= 0.6 is 22.6 Å². The van der Waals surface area contributed by atoms with Crippen molar-refractivity contribution in [2.24, 2.45) is 5.73 Å². The summed E-state index contributed by atoms with van der Waals surface area (Å²) in [5.41, 5.74) is 5.34. The van der Waals surface area contributed by atoms with E-state index in [0.29, 0.717) is 26.4 Å². The van der Waals surface area contributed by atoms with Crippen molar-refractivity contribution in [2.75, 3.05) is 39.5 Å². The van der Waals surface area contributed by atoms with Crippen LogP contribution in [0.15, 0.2) is 24.3 Å². The van der Waals surface area contributed by atoms with Crippen LogP contribution in [0.5, 0.6) is 5.75 Å². The Balaban J connectivity index is 1.95. The fourth-order valence-corrected chi connectivity index (χ4v) is 1.58. The molecule has 0 aromatic heterocycles. The van der Waals surface area contributed by atoms with Crippen LogP contribution in [0.2, 0.25) is 0 Å². The zero-order valence-electron chi connectivity index (χ0n) is 9.82. The number of hydrogen-bond acceptors (Lipinski definition) is 4. The number of rotatable bonds is 9. The predicted molar refractivity (Wildman–Crippen MR) is 77.4 cm³/mol. The van der Waals surface area contributed by atoms with Crippen LogP contribution in [0.4, 0.5) is 0 Å². The highest BCUT2D eigenvalue weighted by Crippen LogP contribution is 2.12. The number of ether oxygens (including phenoxy) is 2. The van der Waals surface area contributed by atoms with Crippen molar-refractivity contribution >= 4 is 22.6 Å². The van der Waals surface area contributed by atoms with Gasteiger partial charge in [-0.15, -0.1) is 0 Å². The molecule has 0 heterocycles. The van der Waals surface area contributed by atoms with Gasteiger partial charge in [0.25, 0.3) is 0 Å². The van der Waals surface area contributed by atoms with Crippen molar-refractivity contribution in [3.05, 3.63) is 27.8 Å². The van der Waals surface area contributed by atoms with E-state index in [9.17, 15) is 0 Å². The number of halogens is 1. The molecule has 0 aliphatic rings. The first-order valence-electron chi connectivity index (χ1n) is 5.70. The standard InChI is InChI=1S/C12H19IN2O2/c13-11-1-3-12(4-2-11)17-10-9-16-8-7-15-6-5-14/h1-4,15H,5-10,14H2. The average molecular weight is 350 g/mol. The van der Waals surface area contributed by atoms with E-state index in [1.54, 1.807) is 0 Å². The zero-order chi connectivity index (χ0) is 12.3. The maximum absolute atomic E-state index is 5.52. The highest BCUT2D eigenvalue weighted by molar-refractivity contribution is 14.1. The molecule has 3 N–H and O–H groups in total. The van der Waals surface area contributed by atoms with E-state index in [4.69, 9.17) is 15.2 Å². The van der Waals surface area contributed by atoms with Gasteiger partial charge in [-0.1, -0.05) is 0 Å². The third-order valence-electron chi connectivity index (χ3n) is 2.05. The summed E-state index contributed by atoms with van der Waals surface area (Å²) in [5, 5.41) is 3.16. The molecule has 4 nitrogen and oxygen atoms in total. The number of nitrogens with one attached hydrogen (secondary N) is 1. The molecule has 96 valence electrons. The first-order valence-corrected chi connectivity index (χ1v) is 6.77. The number of hydrogen-bond donors (Lipinski definition) is 2. The molecule has 0 saturated carbocycles. The molecule has 0 aliphatic carbocycles. The molecule has 0 unspecified atom stereocenters. The fraction of sp³-hybridized carbons (Fsp3) is 0.500. The van der Waals surface area contributed by atoms with Crippen LogP contribution in [-0.2, 0) is 4.74 Å². The highest BCUT2D eigenvalue weighted by atomic mass is 127. The lowest BCUT2D eigenvalue weighted by molar-refractivity contribution is 0.102. The van der Waals surface area contributed by atoms with Crippen LogP contribution < -0.4 is 15.8 Å². The molecule has 0 bridgehead atoms. The molecular formula is C12H19IN2O2. The minimum atomic E-state index is 0.581. The third-order valence-corrected chi connectivity index (χ3v) is 2.77. The topological polar surface area (TPSA) is 56.5 Å². The maximum Gasteiger partial charge on any atom is 0.119 e. The molecule has 5 heteroatoms. The lowest BCUT2D eigenvalue weighted by atomic mass is 10.3. The van der Waals surface area contributed by atoms with Gasteiger partial charge in [0.15, 0.2) is 0 Å². The molecular weight excluding hydrogens is 331 g/mol. The van der Waals surface area contributed by atoms with Crippen LogP contribution in [-0.4, -0.2) is 39.5 Å². The second-order valence-corrected chi connectivity index (χ2v) is 4.70. The van der Waals surface area contributed by atoms with Crippen LogP contribution in [0, 0.1) is 3.57 Å². The summed E-state index contributed by atoms with van der Waals surface area (Å²) in [6.45, 7) is 4.21. The summed E-state index contributed by atoms with van der Waals surface area (Å²) in [5.74, 6) is 0.885. The summed E-state index contributed by atoms with van der Waals surface area (Å²) in [6.07, 6.45) is 0. The van der Waals surface area contributed by atoms with E-state index in [1.165, 1.54) is 3.57 Å². The molecule has 0 saturated heterocycles. The number of nitrogens with two attached hydrogens (primary N) is 1. The quantitative estimate of drug-likeness (QED) is 0.520. The van der Waals surface area contributed by atoms with Crippen molar-refractivity contribution in [2.45, 2.75) is 0 Å². The van der Waals surface area contributed by atoms with Gasteiger partial charge in [0.1, 0.15) is 12.4 Å². The van der Waals surface area contributed by atoms with E-state index in [0.717, 1.165) is 18.8 Å². The molecule has 17 heavy (non-hydrogen) atoms. The van der Waals surface area contributed by atoms with E-state index < -0.39 is 0 Å². The largest absolute Gasteiger partial charge is 0.491 e. The molecule has 1 aromatic carbocycles. The molecule has 0 amide bonds. The van der Waals surface area contributed by atoms with Crippen molar-refractivity contribution < 1.29 is 9.47 Å². The summed E-state index contributed by atoms with van der Waals surface area (Å²) >= 11 is 2.27. The minimum absolute atomic E-state index is 0.581. The van der Waals surface area contributed by atoms with Gasteiger partial charge in [0, 0.05) is 23.2 Å². The second-order valence-electron chi connectivity index (χ2n) is 3.45. The average Bonchev–Trinajstić information content (AvgIpc) is 2.35. The van der Waals surface area contributed by atoms with Gasteiger partial charge < -0.3 is 20.5 Å². The van der Waals surface area contributed by atoms with Crippen molar-refractivity contribution in [3.8, 4) is 5.75 Å². The van der Waals surface area contributed by atoms with E-state index >= 15 is 0 Å². The van der Waals surface area contributed by atoms with Gasteiger partial charge in [0.05, 0.1) is 13.2 Å². The molecule has 0 atom stereocenters. The van der Waals surface area contributed by atoms with Crippen molar-refractivity contribution in [3.63, 3.8) is 0 Å². The lowest BCUT2D eigenvalue weighted by Crippen LogP contribution is -2.26. The Bertz CT molecular complexity index is 293. The first kappa shape index (κ1) is 14.7. The Kier molecular flexibility index (Phi) is 8.33. The summed E-state index contributed by atoms with van der Waals surface area (Å²) in [6, 6.07) is 7.97. The maximum atomic E-state index is 5.52. The molecule has 0 radical (unpaired) electrons. The van der Waals surface area contributed by atoms with Gasteiger partial charge in [-0.25, -0.2) is 0 Å². The van der Waals surface area contributed by atoms with Gasteiger partial charge >= 0.3 is 0 Å². The number of benzene rings is 1. The highest BCUT2D eigenvalue weighted by Gasteiger charge is 1.93. The van der Waals surface area contributed by atoms with E-state index in [1.807, 2.05) is 24.3 Å². The molecule has 1 aromatic rings. The predicted octanol–water partition coefficient (Wildman–Crippen LogP) is 1.23. The Morgan fingerprint density at radius 1 is 1.06 bits per heavy atom. The van der Waals surface area contributed by atoms with Gasteiger partial charge in [-0.2, -0.15) is 0 Å². The SMILES string of the molecule is NCCNCCOCCOc1ccc(I)cc1. The van der Waals surface area contributed by atoms with Crippen molar-refractivity contribution in [1.29, 1.82) is 0 Å². The smallest absolute Gasteiger partial charge is 0.119 e. The van der Waals surface area contributed by atoms with Crippen LogP contribution in [0.3, 0.4) is 0 Å². The summed E-state index contributed by atoms with van der Waals surface area (Å²) in [4.78, 5) is 0. The summed E-state index contributed by atoms with van der Waals surface area (Å²) < 4.78 is 12.1. The van der Waals surface area contributed by atoms with Gasteiger partial charge in [-0.05, 0) is 46.9 Å². The lowest BCUT2D eigenvalue weighted by Gasteiger charge is -2.07. The first-order chi connectivity index (χ1) is 8.33. The third kappa shape index (κ3) is 7.54. The van der Waals surface area contributed by atoms with E-state index in [2.05, 4.69) is 27.9 Å². The molecule has 0 spiro atoms.